The van der Waals surface area contributed by atoms with Gasteiger partial charge in [-0.1, -0.05) is 17.7 Å². The molecule has 2 fully saturated rings. The van der Waals surface area contributed by atoms with Crippen LogP contribution in [0.5, 0.6) is 11.5 Å². The van der Waals surface area contributed by atoms with E-state index in [1.165, 1.54) is 12.8 Å². The van der Waals surface area contributed by atoms with Crippen LogP contribution in [0.3, 0.4) is 0 Å². The van der Waals surface area contributed by atoms with Crippen molar-refractivity contribution in [2.45, 2.75) is 31.7 Å². The van der Waals surface area contributed by atoms with Crippen LogP contribution in [0.1, 0.15) is 24.8 Å². The van der Waals surface area contributed by atoms with Crippen LogP contribution in [-0.2, 0) is 11.2 Å². The zero-order valence-electron chi connectivity index (χ0n) is 19.0. The molecule has 0 radical (unpaired) electrons. The van der Waals surface area contributed by atoms with Gasteiger partial charge >= 0.3 is 0 Å². The lowest BCUT2D eigenvalue weighted by Crippen LogP contribution is -2.46. The lowest BCUT2D eigenvalue weighted by molar-refractivity contribution is -0.125. The molecule has 0 spiro atoms. The fraction of sp³-hybridized carbons (Fsp3) is 0.500. The molecule has 3 heterocycles. The smallest absolute Gasteiger partial charge is 0.225 e. The number of ether oxygens (including phenoxy) is 2. The number of carbonyl (C=O) groups is 1. The summed E-state index contributed by atoms with van der Waals surface area (Å²) in [6.45, 7) is 5.91. The van der Waals surface area contributed by atoms with Crippen LogP contribution in [0.4, 0.5) is 5.69 Å². The van der Waals surface area contributed by atoms with Crippen molar-refractivity contribution in [3.05, 3.63) is 53.1 Å². The highest BCUT2D eigenvalue weighted by Crippen LogP contribution is 2.31. The molecule has 3 aliphatic rings. The Hall–Kier alpha value is -2.44. The summed E-state index contributed by atoms with van der Waals surface area (Å²) in [4.78, 5) is 18.0. The lowest BCUT2D eigenvalue weighted by Gasteiger charge is -2.27. The quantitative estimate of drug-likeness (QED) is 0.669. The molecule has 0 aromatic heterocycles. The number of nitrogens with zero attached hydrogens (tertiary/aromatic N) is 2. The average Bonchev–Trinajstić information content (AvgIpc) is 3.52. The monoisotopic (exact) mass is 469 g/mol. The van der Waals surface area contributed by atoms with E-state index < -0.39 is 0 Å². The Morgan fingerprint density at radius 1 is 1.03 bits per heavy atom. The number of halogens is 1. The Balaban J connectivity index is 1.24. The number of amides is 1. The lowest BCUT2D eigenvalue weighted by atomic mass is 10.0. The first-order valence-corrected chi connectivity index (χ1v) is 12.4. The SMILES string of the molecule is O=C(NC(Cc1ccc2c(c1)OCCO2)CN1CCCC1)C1CCN(c2ccc(Cl)cc2)C1. The standard InChI is InChI=1S/C26H32ClN3O3/c27-21-4-6-23(7-5-21)30-12-9-20(17-30)26(31)28-22(18-29-10-1-2-11-29)15-19-3-8-24-25(16-19)33-14-13-32-24/h3-8,16,20,22H,1-2,9-15,17-18H2,(H,28,31). The fourth-order valence-electron chi connectivity index (χ4n) is 5.12. The predicted molar refractivity (Wildman–Crippen MR) is 131 cm³/mol. The summed E-state index contributed by atoms with van der Waals surface area (Å²) in [7, 11) is 0. The maximum absolute atomic E-state index is 13.3. The Morgan fingerprint density at radius 2 is 1.79 bits per heavy atom. The van der Waals surface area contributed by atoms with Crippen LogP contribution in [0.15, 0.2) is 42.5 Å². The van der Waals surface area contributed by atoms with E-state index in [1.54, 1.807) is 0 Å². The zero-order valence-corrected chi connectivity index (χ0v) is 19.7. The second-order valence-corrected chi connectivity index (χ2v) is 9.74. The molecule has 0 saturated carbocycles. The summed E-state index contributed by atoms with van der Waals surface area (Å²) in [6.07, 6.45) is 4.13. The van der Waals surface area contributed by atoms with E-state index >= 15 is 0 Å². The third-order valence-corrected chi connectivity index (χ3v) is 7.12. The molecule has 1 amide bonds. The van der Waals surface area contributed by atoms with E-state index in [-0.39, 0.29) is 17.9 Å². The molecule has 3 aliphatic heterocycles. The number of fused-ring (bicyclic) bond motifs is 1. The summed E-state index contributed by atoms with van der Waals surface area (Å²) in [6, 6.07) is 14.1. The molecule has 2 aromatic carbocycles. The molecule has 6 nitrogen and oxygen atoms in total. The summed E-state index contributed by atoms with van der Waals surface area (Å²) < 4.78 is 11.4. The van der Waals surface area contributed by atoms with Crippen molar-refractivity contribution < 1.29 is 14.3 Å². The minimum absolute atomic E-state index is 0.00187. The second kappa shape index (κ2) is 10.2. The molecule has 2 saturated heterocycles. The van der Waals surface area contributed by atoms with Gasteiger partial charge in [-0.05, 0) is 80.7 Å². The van der Waals surface area contributed by atoms with Crippen LogP contribution >= 0.6 is 11.6 Å². The molecule has 5 rings (SSSR count). The van der Waals surface area contributed by atoms with Crippen LogP contribution in [0.25, 0.3) is 0 Å². The number of anilines is 1. The number of rotatable bonds is 7. The van der Waals surface area contributed by atoms with Gasteiger partial charge < -0.3 is 24.6 Å². The Bertz CT molecular complexity index is 962. The molecule has 2 unspecified atom stereocenters. The van der Waals surface area contributed by atoms with Crippen molar-refractivity contribution in [3.8, 4) is 11.5 Å². The topological polar surface area (TPSA) is 54.0 Å². The molecule has 2 aromatic rings. The van der Waals surface area contributed by atoms with Gasteiger partial charge in [0.2, 0.25) is 5.91 Å². The number of nitrogens with one attached hydrogen (secondary N) is 1. The number of likely N-dealkylation sites (tertiary alicyclic amines) is 1. The largest absolute Gasteiger partial charge is 0.486 e. The molecule has 0 aliphatic carbocycles. The number of carbonyl (C=O) groups excluding carboxylic acids is 1. The van der Waals surface area contributed by atoms with Crippen molar-refractivity contribution >= 4 is 23.2 Å². The van der Waals surface area contributed by atoms with E-state index in [9.17, 15) is 4.79 Å². The Morgan fingerprint density at radius 3 is 2.58 bits per heavy atom. The normalized spacial score (nSPS) is 21.2. The van der Waals surface area contributed by atoms with Gasteiger partial charge in [-0.3, -0.25) is 4.79 Å². The number of hydrogen-bond donors (Lipinski definition) is 1. The molecule has 1 N–H and O–H groups in total. The summed E-state index contributed by atoms with van der Waals surface area (Å²) in [5, 5.41) is 4.13. The van der Waals surface area contributed by atoms with Crippen LogP contribution in [0, 0.1) is 5.92 Å². The molecular weight excluding hydrogens is 438 g/mol. The van der Waals surface area contributed by atoms with E-state index in [2.05, 4.69) is 27.2 Å². The average molecular weight is 470 g/mol. The van der Waals surface area contributed by atoms with Crippen LogP contribution in [-0.4, -0.2) is 62.8 Å². The fourth-order valence-corrected chi connectivity index (χ4v) is 5.24. The van der Waals surface area contributed by atoms with Crippen LogP contribution < -0.4 is 19.7 Å². The van der Waals surface area contributed by atoms with Crippen molar-refractivity contribution in [1.29, 1.82) is 0 Å². The maximum atomic E-state index is 13.3. The summed E-state index contributed by atoms with van der Waals surface area (Å²) in [5.74, 6) is 1.77. The first-order chi connectivity index (χ1) is 16.1. The minimum Gasteiger partial charge on any atom is -0.486 e. The van der Waals surface area contributed by atoms with Gasteiger partial charge in [-0.15, -0.1) is 0 Å². The highest BCUT2D eigenvalue weighted by Gasteiger charge is 2.30. The minimum atomic E-state index is 0.00187. The molecule has 2 atom stereocenters. The highest BCUT2D eigenvalue weighted by molar-refractivity contribution is 6.30. The van der Waals surface area contributed by atoms with Crippen molar-refractivity contribution in [3.63, 3.8) is 0 Å². The van der Waals surface area contributed by atoms with Gasteiger partial charge in [0.1, 0.15) is 13.2 Å². The molecule has 7 heteroatoms. The van der Waals surface area contributed by atoms with E-state index in [0.29, 0.717) is 13.2 Å². The van der Waals surface area contributed by atoms with E-state index in [1.807, 2.05) is 30.3 Å². The first-order valence-electron chi connectivity index (χ1n) is 12.1. The second-order valence-electron chi connectivity index (χ2n) is 9.30. The van der Waals surface area contributed by atoms with Gasteiger partial charge in [0.15, 0.2) is 11.5 Å². The van der Waals surface area contributed by atoms with E-state index in [4.69, 9.17) is 21.1 Å². The van der Waals surface area contributed by atoms with Gasteiger partial charge in [-0.25, -0.2) is 0 Å². The Labute approximate surface area is 200 Å². The highest BCUT2D eigenvalue weighted by atomic mass is 35.5. The van der Waals surface area contributed by atoms with Crippen molar-refractivity contribution in [2.75, 3.05) is 50.8 Å². The van der Waals surface area contributed by atoms with Gasteiger partial charge in [-0.2, -0.15) is 0 Å². The van der Waals surface area contributed by atoms with E-state index in [0.717, 1.165) is 73.3 Å². The number of benzene rings is 2. The molecule has 33 heavy (non-hydrogen) atoms. The summed E-state index contributed by atoms with van der Waals surface area (Å²) in [5.41, 5.74) is 2.29. The number of hydrogen-bond acceptors (Lipinski definition) is 5. The maximum Gasteiger partial charge on any atom is 0.225 e. The molecule has 0 bridgehead atoms. The summed E-state index contributed by atoms with van der Waals surface area (Å²) >= 11 is 6.03. The molecule has 176 valence electrons. The van der Waals surface area contributed by atoms with Gasteiger partial charge in [0.05, 0.1) is 5.92 Å². The first kappa shape index (κ1) is 22.4. The zero-order chi connectivity index (χ0) is 22.6. The van der Waals surface area contributed by atoms with Gasteiger partial charge in [0.25, 0.3) is 0 Å². The van der Waals surface area contributed by atoms with Crippen LogP contribution in [0.2, 0.25) is 5.02 Å². The van der Waals surface area contributed by atoms with Crippen molar-refractivity contribution in [1.82, 2.24) is 10.2 Å². The van der Waals surface area contributed by atoms with Crippen molar-refractivity contribution in [2.24, 2.45) is 5.92 Å². The Kier molecular flexibility index (Phi) is 6.93. The third kappa shape index (κ3) is 5.56. The van der Waals surface area contributed by atoms with Gasteiger partial charge in [0, 0.05) is 36.4 Å². The predicted octanol–water partition coefficient (Wildman–Crippen LogP) is 3.76. The third-order valence-electron chi connectivity index (χ3n) is 6.86. The molecular formula is C26H32ClN3O3.